The van der Waals surface area contributed by atoms with Crippen molar-refractivity contribution in [2.75, 3.05) is 19.6 Å². The molecule has 0 heterocycles. The lowest BCUT2D eigenvalue weighted by molar-refractivity contribution is 0.423. The summed E-state index contributed by atoms with van der Waals surface area (Å²) in [5, 5.41) is 3.08. The Kier molecular flexibility index (Phi) is 6.58. The fourth-order valence-electron chi connectivity index (χ4n) is 1.97. The highest BCUT2D eigenvalue weighted by atomic mass is 32.2. The maximum atomic E-state index is 14.1. The summed E-state index contributed by atoms with van der Waals surface area (Å²) in [4.78, 5) is -0.243. The lowest BCUT2D eigenvalue weighted by Gasteiger charge is -2.20. The van der Waals surface area contributed by atoms with Gasteiger partial charge in [0.15, 0.2) is 0 Å². The lowest BCUT2D eigenvalue weighted by Crippen LogP contribution is -2.32. The molecule has 0 atom stereocenters. The van der Waals surface area contributed by atoms with Crippen LogP contribution in [0.15, 0.2) is 23.1 Å². The van der Waals surface area contributed by atoms with E-state index in [4.69, 9.17) is 0 Å². The first-order valence-electron chi connectivity index (χ1n) is 6.96. The molecule has 0 saturated heterocycles. The van der Waals surface area contributed by atoms with Crippen molar-refractivity contribution in [2.24, 2.45) is 0 Å². The molecule has 0 saturated carbocycles. The zero-order chi connectivity index (χ0) is 15.2. The van der Waals surface area contributed by atoms with E-state index in [0.717, 1.165) is 12.1 Å². The van der Waals surface area contributed by atoms with E-state index < -0.39 is 15.8 Å². The van der Waals surface area contributed by atoms with E-state index in [1.807, 2.05) is 13.8 Å². The Morgan fingerprint density at radius 1 is 1.25 bits per heavy atom. The quantitative estimate of drug-likeness (QED) is 0.802. The van der Waals surface area contributed by atoms with Gasteiger partial charge in [-0.25, -0.2) is 12.8 Å². The molecule has 114 valence electrons. The summed E-state index contributed by atoms with van der Waals surface area (Å²) in [6, 6.07) is 4.30. The van der Waals surface area contributed by atoms with Gasteiger partial charge in [-0.2, -0.15) is 4.31 Å². The SMILES string of the molecule is CCCN(CC)S(=O)(=O)c1ccc(CNCC)cc1F. The third-order valence-corrected chi connectivity index (χ3v) is 5.03. The number of benzene rings is 1. The third-order valence-electron chi connectivity index (χ3n) is 3.02. The fourth-order valence-corrected chi connectivity index (χ4v) is 3.56. The molecule has 0 aliphatic rings. The zero-order valence-electron chi connectivity index (χ0n) is 12.3. The second kappa shape index (κ2) is 7.71. The van der Waals surface area contributed by atoms with E-state index in [2.05, 4.69) is 5.32 Å². The highest BCUT2D eigenvalue weighted by Gasteiger charge is 2.25. The minimum atomic E-state index is -3.74. The first kappa shape index (κ1) is 17.1. The van der Waals surface area contributed by atoms with Crippen LogP contribution in [0.5, 0.6) is 0 Å². The van der Waals surface area contributed by atoms with Gasteiger partial charge in [-0.1, -0.05) is 26.8 Å². The number of hydrogen-bond donors (Lipinski definition) is 1. The Hall–Kier alpha value is -0.980. The van der Waals surface area contributed by atoms with Crippen LogP contribution < -0.4 is 5.32 Å². The van der Waals surface area contributed by atoms with Gasteiger partial charge in [-0.15, -0.1) is 0 Å². The molecule has 1 aromatic carbocycles. The largest absolute Gasteiger partial charge is 0.313 e. The molecule has 0 amide bonds. The zero-order valence-corrected chi connectivity index (χ0v) is 13.1. The highest BCUT2D eigenvalue weighted by Crippen LogP contribution is 2.20. The lowest BCUT2D eigenvalue weighted by atomic mass is 10.2. The summed E-state index contributed by atoms with van der Waals surface area (Å²) in [5.41, 5.74) is 0.738. The topological polar surface area (TPSA) is 49.4 Å². The molecule has 0 spiro atoms. The first-order chi connectivity index (χ1) is 9.47. The molecule has 0 aliphatic heterocycles. The van der Waals surface area contributed by atoms with E-state index in [9.17, 15) is 12.8 Å². The van der Waals surface area contributed by atoms with E-state index in [-0.39, 0.29) is 4.90 Å². The van der Waals surface area contributed by atoms with Gasteiger partial charge in [0.2, 0.25) is 10.0 Å². The Morgan fingerprint density at radius 2 is 1.95 bits per heavy atom. The van der Waals surface area contributed by atoms with Crippen molar-refractivity contribution in [1.29, 1.82) is 0 Å². The van der Waals surface area contributed by atoms with Crippen molar-refractivity contribution in [3.05, 3.63) is 29.6 Å². The van der Waals surface area contributed by atoms with E-state index in [1.165, 1.54) is 16.4 Å². The van der Waals surface area contributed by atoms with Gasteiger partial charge >= 0.3 is 0 Å². The maximum absolute atomic E-state index is 14.1. The average Bonchev–Trinajstić information content (AvgIpc) is 2.42. The number of hydrogen-bond acceptors (Lipinski definition) is 3. The highest BCUT2D eigenvalue weighted by molar-refractivity contribution is 7.89. The van der Waals surface area contributed by atoms with Crippen LogP contribution in [0.4, 0.5) is 4.39 Å². The Labute approximate surface area is 121 Å². The Balaban J connectivity index is 3.06. The summed E-state index contributed by atoms with van der Waals surface area (Å²) in [6.07, 6.45) is 0.702. The molecule has 0 aliphatic carbocycles. The van der Waals surface area contributed by atoms with E-state index in [0.29, 0.717) is 26.1 Å². The predicted molar refractivity (Wildman–Crippen MR) is 78.5 cm³/mol. The second-order valence-corrected chi connectivity index (χ2v) is 6.45. The first-order valence-corrected chi connectivity index (χ1v) is 8.40. The summed E-state index contributed by atoms with van der Waals surface area (Å²) < 4.78 is 40.1. The van der Waals surface area contributed by atoms with Crippen LogP contribution in [0.2, 0.25) is 0 Å². The van der Waals surface area contributed by atoms with Gasteiger partial charge in [0.25, 0.3) is 0 Å². The van der Waals surface area contributed by atoms with Gasteiger partial charge in [-0.05, 0) is 30.7 Å². The summed E-state index contributed by atoms with van der Waals surface area (Å²) in [5.74, 6) is -0.685. The minimum absolute atomic E-state index is 0.243. The molecule has 4 nitrogen and oxygen atoms in total. The standard InChI is InChI=1S/C14H23FN2O2S/c1-4-9-17(6-3)20(18,19)14-8-7-12(10-13(14)15)11-16-5-2/h7-8,10,16H,4-6,9,11H2,1-3H3. The molecule has 1 rings (SSSR count). The van der Waals surface area contributed by atoms with E-state index in [1.54, 1.807) is 13.0 Å². The molecule has 0 aromatic heterocycles. The molecule has 1 N–H and O–H groups in total. The van der Waals surface area contributed by atoms with Crippen LogP contribution in [0.1, 0.15) is 32.8 Å². The number of nitrogens with one attached hydrogen (secondary N) is 1. The predicted octanol–water partition coefficient (Wildman–Crippen LogP) is 2.36. The molecule has 0 unspecified atom stereocenters. The van der Waals surface area contributed by atoms with Crippen LogP contribution in [0.3, 0.4) is 0 Å². The Bertz CT molecular complexity index is 532. The summed E-state index contributed by atoms with van der Waals surface area (Å²) >= 11 is 0. The normalized spacial score (nSPS) is 12.1. The van der Waals surface area contributed by atoms with Crippen LogP contribution in [0, 0.1) is 5.82 Å². The van der Waals surface area contributed by atoms with Gasteiger partial charge in [-0.3, -0.25) is 0 Å². The van der Waals surface area contributed by atoms with Crippen LogP contribution in [-0.4, -0.2) is 32.4 Å². The molecule has 20 heavy (non-hydrogen) atoms. The van der Waals surface area contributed by atoms with Crippen molar-refractivity contribution < 1.29 is 12.8 Å². The van der Waals surface area contributed by atoms with Gasteiger partial charge in [0.1, 0.15) is 10.7 Å². The minimum Gasteiger partial charge on any atom is -0.313 e. The molecular formula is C14H23FN2O2S. The molecule has 0 radical (unpaired) electrons. The van der Waals surface area contributed by atoms with Crippen molar-refractivity contribution in [1.82, 2.24) is 9.62 Å². The van der Waals surface area contributed by atoms with Crippen molar-refractivity contribution in [3.8, 4) is 0 Å². The number of halogens is 1. The third kappa shape index (κ3) is 4.01. The molecule has 0 bridgehead atoms. The van der Waals surface area contributed by atoms with Crippen molar-refractivity contribution >= 4 is 10.0 Å². The number of nitrogens with zero attached hydrogens (tertiary/aromatic N) is 1. The fraction of sp³-hybridized carbons (Fsp3) is 0.571. The van der Waals surface area contributed by atoms with Gasteiger partial charge in [0.05, 0.1) is 0 Å². The average molecular weight is 302 g/mol. The number of sulfonamides is 1. The van der Waals surface area contributed by atoms with Crippen LogP contribution in [0.25, 0.3) is 0 Å². The molecule has 1 aromatic rings. The summed E-state index contributed by atoms with van der Waals surface area (Å²) in [6.45, 7) is 7.66. The summed E-state index contributed by atoms with van der Waals surface area (Å²) in [7, 11) is -3.74. The monoisotopic (exact) mass is 302 g/mol. The number of rotatable bonds is 8. The van der Waals surface area contributed by atoms with Crippen LogP contribution in [-0.2, 0) is 16.6 Å². The van der Waals surface area contributed by atoms with E-state index >= 15 is 0 Å². The second-order valence-electron chi connectivity index (χ2n) is 4.54. The smallest absolute Gasteiger partial charge is 0.245 e. The van der Waals surface area contributed by atoms with Crippen molar-refractivity contribution in [3.63, 3.8) is 0 Å². The Morgan fingerprint density at radius 3 is 2.45 bits per heavy atom. The maximum Gasteiger partial charge on any atom is 0.245 e. The van der Waals surface area contributed by atoms with Gasteiger partial charge < -0.3 is 5.32 Å². The van der Waals surface area contributed by atoms with Crippen LogP contribution >= 0.6 is 0 Å². The van der Waals surface area contributed by atoms with Gasteiger partial charge in [0, 0.05) is 19.6 Å². The molecule has 0 fully saturated rings. The molecular weight excluding hydrogens is 279 g/mol. The molecule has 6 heteroatoms. The van der Waals surface area contributed by atoms with Crippen molar-refractivity contribution in [2.45, 2.75) is 38.6 Å².